The van der Waals surface area contributed by atoms with Gasteiger partial charge in [0.15, 0.2) is 11.6 Å². The summed E-state index contributed by atoms with van der Waals surface area (Å²) in [5, 5.41) is 0. The largest absolute Gasteiger partial charge is 0.490 e. The second-order valence-corrected chi connectivity index (χ2v) is 5.27. The average molecular weight is 309 g/mol. The average Bonchev–Trinajstić information content (AvgIpc) is 2.60. The third kappa shape index (κ3) is 3.37. The van der Waals surface area contributed by atoms with E-state index in [4.69, 9.17) is 4.74 Å². The van der Waals surface area contributed by atoms with E-state index in [1.807, 2.05) is 0 Å². The third-order valence-corrected chi connectivity index (χ3v) is 3.37. The monoisotopic (exact) mass is 308 g/mol. The fourth-order valence-electron chi connectivity index (χ4n) is 1.98. The molecule has 1 aliphatic carbocycles. The standard InChI is InChI=1S/C12H12BrF3O/c13-9-1-2-10(14)11(5-9)17-7-8-3-4-12(15,16)6-8/h1-2,5,8H,3-4,6-7H2. The van der Waals surface area contributed by atoms with Gasteiger partial charge in [-0.3, -0.25) is 0 Å². The van der Waals surface area contributed by atoms with Crippen LogP contribution in [0.5, 0.6) is 5.75 Å². The summed E-state index contributed by atoms with van der Waals surface area (Å²) < 4.78 is 45.1. The van der Waals surface area contributed by atoms with E-state index < -0.39 is 11.7 Å². The lowest BCUT2D eigenvalue weighted by atomic mass is 10.1. The second kappa shape index (κ2) is 4.88. The summed E-state index contributed by atoms with van der Waals surface area (Å²) in [6.07, 6.45) is 0.174. The number of halogens is 4. The molecule has 1 atom stereocenters. The molecule has 1 fully saturated rings. The van der Waals surface area contributed by atoms with Crippen LogP contribution < -0.4 is 4.74 Å². The van der Waals surface area contributed by atoms with E-state index in [-0.39, 0.29) is 31.1 Å². The zero-order valence-electron chi connectivity index (χ0n) is 9.06. The maximum absolute atomic E-state index is 13.3. The number of hydrogen-bond acceptors (Lipinski definition) is 1. The molecule has 0 saturated heterocycles. The highest BCUT2D eigenvalue weighted by atomic mass is 79.9. The van der Waals surface area contributed by atoms with E-state index in [9.17, 15) is 13.2 Å². The topological polar surface area (TPSA) is 9.23 Å². The molecule has 2 rings (SSSR count). The molecule has 1 aliphatic rings. The van der Waals surface area contributed by atoms with Crippen molar-refractivity contribution in [3.63, 3.8) is 0 Å². The number of hydrogen-bond donors (Lipinski definition) is 0. The first-order valence-electron chi connectivity index (χ1n) is 5.42. The van der Waals surface area contributed by atoms with Gasteiger partial charge in [-0.25, -0.2) is 13.2 Å². The first-order valence-corrected chi connectivity index (χ1v) is 6.21. The first-order chi connectivity index (χ1) is 7.96. The van der Waals surface area contributed by atoms with Gasteiger partial charge >= 0.3 is 0 Å². The van der Waals surface area contributed by atoms with E-state index in [0.29, 0.717) is 10.9 Å². The van der Waals surface area contributed by atoms with Crippen molar-refractivity contribution in [3.05, 3.63) is 28.5 Å². The van der Waals surface area contributed by atoms with Gasteiger partial charge in [-0.2, -0.15) is 0 Å². The Labute approximate surface area is 106 Å². The lowest BCUT2D eigenvalue weighted by Gasteiger charge is -2.13. The predicted octanol–water partition coefficient (Wildman–Crippen LogP) is 4.40. The lowest BCUT2D eigenvalue weighted by molar-refractivity contribution is 0.00286. The van der Waals surface area contributed by atoms with E-state index in [1.54, 1.807) is 6.07 Å². The third-order valence-electron chi connectivity index (χ3n) is 2.87. The van der Waals surface area contributed by atoms with E-state index >= 15 is 0 Å². The fraction of sp³-hybridized carbons (Fsp3) is 0.500. The van der Waals surface area contributed by atoms with Crippen molar-refractivity contribution in [2.45, 2.75) is 25.2 Å². The molecule has 0 heterocycles. The molecule has 0 spiro atoms. The number of rotatable bonds is 3. The van der Waals surface area contributed by atoms with Crippen molar-refractivity contribution < 1.29 is 17.9 Å². The summed E-state index contributed by atoms with van der Waals surface area (Å²) in [7, 11) is 0. The normalized spacial score (nSPS) is 22.7. The smallest absolute Gasteiger partial charge is 0.248 e. The molecular formula is C12H12BrF3O. The number of ether oxygens (including phenoxy) is 1. The van der Waals surface area contributed by atoms with Gasteiger partial charge in [-0.1, -0.05) is 15.9 Å². The molecule has 0 aliphatic heterocycles. The second-order valence-electron chi connectivity index (χ2n) is 4.35. The van der Waals surface area contributed by atoms with Crippen LogP contribution >= 0.6 is 15.9 Å². The van der Waals surface area contributed by atoms with Crippen LogP contribution in [0.2, 0.25) is 0 Å². The number of alkyl halides is 2. The molecule has 1 saturated carbocycles. The predicted molar refractivity (Wildman–Crippen MR) is 61.9 cm³/mol. The van der Waals surface area contributed by atoms with Gasteiger partial charge in [0.1, 0.15) is 0 Å². The molecule has 0 N–H and O–H groups in total. The van der Waals surface area contributed by atoms with Gasteiger partial charge in [0.05, 0.1) is 6.61 Å². The Hall–Kier alpha value is -0.710. The molecule has 1 aromatic rings. The van der Waals surface area contributed by atoms with Crippen LogP contribution in [0, 0.1) is 11.7 Å². The van der Waals surface area contributed by atoms with Crippen LogP contribution in [-0.2, 0) is 0 Å². The van der Waals surface area contributed by atoms with Crippen LogP contribution in [-0.4, -0.2) is 12.5 Å². The van der Waals surface area contributed by atoms with Gasteiger partial charge in [0.2, 0.25) is 5.92 Å². The molecule has 0 bridgehead atoms. The van der Waals surface area contributed by atoms with Crippen molar-refractivity contribution in [1.29, 1.82) is 0 Å². The minimum Gasteiger partial charge on any atom is -0.490 e. The highest BCUT2D eigenvalue weighted by molar-refractivity contribution is 9.10. The lowest BCUT2D eigenvalue weighted by Crippen LogP contribution is -2.14. The summed E-state index contributed by atoms with van der Waals surface area (Å²) in [5.74, 6) is -3.14. The van der Waals surface area contributed by atoms with Crippen LogP contribution in [0.15, 0.2) is 22.7 Å². The first kappa shape index (κ1) is 12.7. The Morgan fingerprint density at radius 2 is 2.18 bits per heavy atom. The molecule has 1 aromatic carbocycles. The van der Waals surface area contributed by atoms with E-state index in [2.05, 4.69) is 15.9 Å². The van der Waals surface area contributed by atoms with Crippen molar-refractivity contribution in [2.75, 3.05) is 6.61 Å². The molecule has 94 valence electrons. The quantitative estimate of drug-likeness (QED) is 0.804. The minimum atomic E-state index is -2.58. The SMILES string of the molecule is Fc1ccc(Br)cc1OCC1CCC(F)(F)C1. The zero-order valence-corrected chi connectivity index (χ0v) is 10.6. The van der Waals surface area contributed by atoms with Crippen molar-refractivity contribution in [3.8, 4) is 5.75 Å². The Morgan fingerprint density at radius 3 is 2.82 bits per heavy atom. The zero-order chi connectivity index (χ0) is 12.5. The summed E-state index contributed by atoms with van der Waals surface area (Å²) in [5.41, 5.74) is 0. The van der Waals surface area contributed by atoms with Crippen LogP contribution in [0.25, 0.3) is 0 Å². The van der Waals surface area contributed by atoms with E-state index in [1.165, 1.54) is 12.1 Å². The fourth-order valence-corrected chi connectivity index (χ4v) is 2.32. The maximum atomic E-state index is 13.3. The van der Waals surface area contributed by atoms with Crippen LogP contribution in [0.4, 0.5) is 13.2 Å². The van der Waals surface area contributed by atoms with Gasteiger partial charge in [-0.15, -0.1) is 0 Å². The van der Waals surface area contributed by atoms with Gasteiger partial charge in [0, 0.05) is 17.3 Å². The van der Waals surface area contributed by atoms with Gasteiger partial charge < -0.3 is 4.74 Å². The highest BCUT2D eigenvalue weighted by Gasteiger charge is 2.39. The Morgan fingerprint density at radius 1 is 1.41 bits per heavy atom. The van der Waals surface area contributed by atoms with Crippen LogP contribution in [0.1, 0.15) is 19.3 Å². The van der Waals surface area contributed by atoms with Crippen molar-refractivity contribution >= 4 is 15.9 Å². The van der Waals surface area contributed by atoms with E-state index in [0.717, 1.165) is 0 Å². The molecule has 0 radical (unpaired) electrons. The van der Waals surface area contributed by atoms with Crippen molar-refractivity contribution in [1.82, 2.24) is 0 Å². The summed E-state index contributed by atoms with van der Waals surface area (Å²) in [6.45, 7) is 0.142. The Balaban J connectivity index is 1.92. The Kier molecular flexibility index (Phi) is 3.66. The molecule has 0 amide bonds. The Bertz CT molecular complexity index is 409. The number of benzene rings is 1. The highest BCUT2D eigenvalue weighted by Crippen LogP contribution is 2.39. The summed E-state index contributed by atoms with van der Waals surface area (Å²) in [6, 6.07) is 4.34. The molecule has 1 unspecified atom stereocenters. The molecule has 0 aromatic heterocycles. The molecule has 5 heteroatoms. The summed E-state index contributed by atoms with van der Waals surface area (Å²) in [4.78, 5) is 0. The molecule has 17 heavy (non-hydrogen) atoms. The van der Waals surface area contributed by atoms with Crippen molar-refractivity contribution in [2.24, 2.45) is 5.92 Å². The van der Waals surface area contributed by atoms with Crippen LogP contribution in [0.3, 0.4) is 0 Å². The summed E-state index contributed by atoms with van der Waals surface area (Å²) >= 11 is 3.20. The maximum Gasteiger partial charge on any atom is 0.248 e. The van der Waals surface area contributed by atoms with Gasteiger partial charge in [-0.05, 0) is 30.5 Å². The minimum absolute atomic E-state index is 0.0952. The van der Waals surface area contributed by atoms with Gasteiger partial charge in [0.25, 0.3) is 0 Å². The molecule has 1 nitrogen and oxygen atoms in total. The molecular weight excluding hydrogens is 297 g/mol.